The summed E-state index contributed by atoms with van der Waals surface area (Å²) in [6.45, 7) is 7.46. The van der Waals surface area contributed by atoms with Crippen molar-refractivity contribution in [2.24, 2.45) is 0 Å². The zero-order valence-electron chi connectivity index (χ0n) is 10.2. The van der Waals surface area contributed by atoms with E-state index >= 15 is 0 Å². The number of rotatable bonds is 4. The molecule has 16 heavy (non-hydrogen) atoms. The van der Waals surface area contributed by atoms with Gasteiger partial charge in [-0.1, -0.05) is 6.92 Å². The quantitative estimate of drug-likeness (QED) is 0.694. The van der Waals surface area contributed by atoms with Crippen molar-refractivity contribution in [3.63, 3.8) is 0 Å². The van der Waals surface area contributed by atoms with Gasteiger partial charge in [0.25, 0.3) is 0 Å². The van der Waals surface area contributed by atoms with Crippen molar-refractivity contribution in [2.45, 2.75) is 39.3 Å². The molecule has 0 aromatic rings. The zero-order valence-corrected chi connectivity index (χ0v) is 10.2. The van der Waals surface area contributed by atoms with E-state index in [0.29, 0.717) is 6.54 Å². The molecule has 0 spiro atoms. The lowest BCUT2D eigenvalue weighted by Crippen LogP contribution is -2.59. The number of carbonyl (C=O) groups is 2. The largest absolute Gasteiger partial charge is 0.353 e. The minimum Gasteiger partial charge on any atom is -0.353 e. The molecule has 1 atom stereocenters. The Bertz CT molecular complexity index is 256. The third-order valence-electron chi connectivity index (χ3n) is 2.68. The molecule has 1 aliphatic rings. The van der Waals surface area contributed by atoms with Crippen LogP contribution in [0, 0.1) is 0 Å². The minimum absolute atomic E-state index is 0.0457. The van der Waals surface area contributed by atoms with E-state index in [1.807, 2.05) is 18.7 Å². The highest BCUT2D eigenvalue weighted by Gasteiger charge is 2.28. The average Bonchev–Trinajstić information content (AvgIpc) is 2.25. The highest BCUT2D eigenvalue weighted by atomic mass is 16.2. The van der Waals surface area contributed by atoms with Crippen molar-refractivity contribution < 1.29 is 9.59 Å². The van der Waals surface area contributed by atoms with Crippen molar-refractivity contribution >= 4 is 11.8 Å². The highest BCUT2D eigenvalue weighted by Crippen LogP contribution is 2.04. The van der Waals surface area contributed by atoms with Gasteiger partial charge >= 0.3 is 0 Å². The van der Waals surface area contributed by atoms with E-state index in [1.165, 1.54) is 0 Å². The molecule has 0 aliphatic carbocycles. The third kappa shape index (κ3) is 3.20. The predicted octanol–water partition coefficient (Wildman–Crippen LogP) is -0.279. The number of amides is 2. The second-order valence-corrected chi connectivity index (χ2v) is 4.36. The Kier molecular flexibility index (Phi) is 4.73. The summed E-state index contributed by atoms with van der Waals surface area (Å²) in [4.78, 5) is 25.0. The van der Waals surface area contributed by atoms with Crippen molar-refractivity contribution in [1.82, 2.24) is 15.5 Å². The van der Waals surface area contributed by atoms with Crippen LogP contribution in [-0.4, -0.2) is 48.4 Å². The smallest absolute Gasteiger partial charge is 0.241 e. The molecule has 1 rings (SSSR count). The van der Waals surface area contributed by atoms with Gasteiger partial charge in [-0.05, 0) is 20.3 Å². The second-order valence-electron chi connectivity index (χ2n) is 4.36. The fraction of sp³-hybridized carbons (Fsp3) is 0.818. The molecule has 0 aromatic carbocycles. The number of nitrogens with one attached hydrogen (secondary N) is 2. The molecule has 2 amide bonds. The second kappa shape index (κ2) is 5.84. The Labute approximate surface area is 96.6 Å². The first-order valence-corrected chi connectivity index (χ1v) is 5.86. The van der Waals surface area contributed by atoms with E-state index < -0.39 is 0 Å². The summed E-state index contributed by atoms with van der Waals surface area (Å²) in [5.41, 5.74) is 0. The van der Waals surface area contributed by atoms with Gasteiger partial charge in [0.1, 0.15) is 6.04 Å². The van der Waals surface area contributed by atoms with E-state index in [9.17, 15) is 9.59 Å². The molecule has 1 heterocycles. The number of hydrogen-bond donors (Lipinski definition) is 2. The molecular formula is C11H21N3O2. The maximum Gasteiger partial charge on any atom is 0.241 e. The third-order valence-corrected chi connectivity index (χ3v) is 2.68. The van der Waals surface area contributed by atoms with Crippen LogP contribution in [0.4, 0.5) is 0 Å². The van der Waals surface area contributed by atoms with Crippen LogP contribution in [0.25, 0.3) is 0 Å². The SMILES string of the molecule is CCCN(C(=O)C1CNC(=O)CN1)C(C)C. The summed E-state index contributed by atoms with van der Waals surface area (Å²) in [6.07, 6.45) is 0.947. The van der Waals surface area contributed by atoms with Gasteiger partial charge in [0, 0.05) is 19.1 Å². The first kappa shape index (κ1) is 13.0. The molecule has 1 fully saturated rings. The average molecular weight is 227 g/mol. The molecule has 5 nitrogen and oxygen atoms in total. The molecule has 2 N–H and O–H groups in total. The standard InChI is InChI=1S/C11H21N3O2/c1-4-5-14(8(2)3)11(16)9-6-13-10(15)7-12-9/h8-9,12H,4-7H2,1-3H3,(H,13,15). The molecule has 0 radical (unpaired) electrons. The number of nitrogens with zero attached hydrogens (tertiary/aromatic N) is 1. The Balaban J connectivity index is 2.56. The lowest BCUT2D eigenvalue weighted by Gasteiger charge is -2.32. The normalized spacial score (nSPS) is 20.8. The van der Waals surface area contributed by atoms with Crippen LogP contribution in [0.15, 0.2) is 0 Å². The Morgan fingerprint density at radius 1 is 1.56 bits per heavy atom. The Hall–Kier alpha value is -1.10. The summed E-state index contributed by atoms with van der Waals surface area (Å²) in [5, 5.41) is 5.66. The number of hydrogen-bond acceptors (Lipinski definition) is 3. The molecule has 0 saturated carbocycles. The van der Waals surface area contributed by atoms with E-state index in [1.54, 1.807) is 0 Å². The van der Waals surface area contributed by atoms with Gasteiger partial charge in [0.05, 0.1) is 6.54 Å². The van der Waals surface area contributed by atoms with Crippen LogP contribution < -0.4 is 10.6 Å². The van der Waals surface area contributed by atoms with E-state index in [2.05, 4.69) is 17.6 Å². The minimum atomic E-state index is -0.272. The Morgan fingerprint density at radius 2 is 2.25 bits per heavy atom. The van der Waals surface area contributed by atoms with Gasteiger partial charge in [-0.25, -0.2) is 0 Å². The molecular weight excluding hydrogens is 206 g/mol. The topological polar surface area (TPSA) is 61.4 Å². The van der Waals surface area contributed by atoms with Crippen LogP contribution in [-0.2, 0) is 9.59 Å². The summed E-state index contributed by atoms with van der Waals surface area (Å²) >= 11 is 0. The summed E-state index contributed by atoms with van der Waals surface area (Å²) in [7, 11) is 0. The number of carbonyl (C=O) groups excluding carboxylic acids is 2. The molecule has 92 valence electrons. The first-order valence-electron chi connectivity index (χ1n) is 5.86. The summed E-state index contributed by atoms with van der Waals surface area (Å²) < 4.78 is 0. The number of piperazine rings is 1. The lowest BCUT2D eigenvalue weighted by molar-refractivity contribution is -0.136. The summed E-state index contributed by atoms with van der Waals surface area (Å²) in [5.74, 6) is 0.0347. The lowest BCUT2D eigenvalue weighted by atomic mass is 10.1. The van der Waals surface area contributed by atoms with Crippen molar-refractivity contribution in [1.29, 1.82) is 0 Å². The van der Waals surface area contributed by atoms with Crippen molar-refractivity contribution in [3.8, 4) is 0 Å². The van der Waals surface area contributed by atoms with Crippen LogP contribution >= 0.6 is 0 Å². The van der Waals surface area contributed by atoms with Crippen molar-refractivity contribution in [3.05, 3.63) is 0 Å². The van der Waals surface area contributed by atoms with Crippen LogP contribution in [0.2, 0.25) is 0 Å². The van der Waals surface area contributed by atoms with Crippen LogP contribution in [0.3, 0.4) is 0 Å². The molecule has 0 bridgehead atoms. The summed E-state index contributed by atoms with van der Waals surface area (Å²) in [6, 6.07) is -0.0708. The van der Waals surface area contributed by atoms with Crippen LogP contribution in [0.5, 0.6) is 0 Å². The zero-order chi connectivity index (χ0) is 12.1. The highest BCUT2D eigenvalue weighted by molar-refractivity contribution is 5.86. The molecule has 0 aromatic heterocycles. The maximum absolute atomic E-state index is 12.1. The van der Waals surface area contributed by atoms with Gasteiger partial charge in [-0.2, -0.15) is 0 Å². The van der Waals surface area contributed by atoms with Gasteiger partial charge in [-0.3, -0.25) is 14.9 Å². The fourth-order valence-electron chi connectivity index (χ4n) is 1.81. The van der Waals surface area contributed by atoms with E-state index in [4.69, 9.17) is 0 Å². The van der Waals surface area contributed by atoms with Gasteiger partial charge in [0.2, 0.25) is 11.8 Å². The van der Waals surface area contributed by atoms with E-state index in [-0.39, 0.29) is 30.4 Å². The predicted molar refractivity (Wildman–Crippen MR) is 61.9 cm³/mol. The molecule has 5 heteroatoms. The monoisotopic (exact) mass is 227 g/mol. The van der Waals surface area contributed by atoms with Crippen molar-refractivity contribution in [2.75, 3.05) is 19.6 Å². The first-order chi connectivity index (χ1) is 7.56. The maximum atomic E-state index is 12.1. The van der Waals surface area contributed by atoms with Gasteiger partial charge in [0.15, 0.2) is 0 Å². The van der Waals surface area contributed by atoms with Gasteiger partial charge < -0.3 is 10.2 Å². The van der Waals surface area contributed by atoms with Gasteiger partial charge in [-0.15, -0.1) is 0 Å². The molecule has 1 unspecified atom stereocenters. The molecule has 1 aliphatic heterocycles. The molecule has 1 saturated heterocycles. The van der Waals surface area contributed by atoms with Crippen LogP contribution in [0.1, 0.15) is 27.2 Å². The fourth-order valence-corrected chi connectivity index (χ4v) is 1.81. The van der Waals surface area contributed by atoms with E-state index in [0.717, 1.165) is 13.0 Å². The Morgan fingerprint density at radius 3 is 2.69 bits per heavy atom.